The van der Waals surface area contributed by atoms with Gasteiger partial charge in [-0.25, -0.2) is 4.90 Å². The lowest BCUT2D eigenvalue weighted by Crippen LogP contribution is -2.30. The van der Waals surface area contributed by atoms with Gasteiger partial charge >= 0.3 is 0 Å². The number of hydrogen-bond donors (Lipinski definition) is 0. The van der Waals surface area contributed by atoms with E-state index in [0.29, 0.717) is 11.4 Å². The zero-order valence-electron chi connectivity index (χ0n) is 9.57. The smallest absolute Gasteiger partial charge is 0.237 e. The van der Waals surface area contributed by atoms with Gasteiger partial charge in [0.05, 0.1) is 12.8 Å². The van der Waals surface area contributed by atoms with E-state index in [-0.39, 0.29) is 24.2 Å². The van der Waals surface area contributed by atoms with E-state index < -0.39 is 0 Å². The molecule has 2 amide bonds. The molecule has 0 spiro atoms. The van der Waals surface area contributed by atoms with Crippen LogP contribution in [0.4, 0.5) is 5.69 Å². The lowest BCUT2D eigenvalue weighted by Gasteiger charge is -2.17. The molecule has 4 nitrogen and oxygen atoms in total. The summed E-state index contributed by atoms with van der Waals surface area (Å²) in [5, 5.41) is 0. The SMILES string of the molecule is COc1ccc(Br)cc1N1C(=O)CC(C)C1=O. The molecular formula is C12H12BrNO3. The highest BCUT2D eigenvalue weighted by atomic mass is 79.9. The predicted octanol–water partition coefficient (Wildman–Crippen LogP) is 2.36. The second-order valence-electron chi connectivity index (χ2n) is 3.99. The van der Waals surface area contributed by atoms with E-state index in [0.717, 1.165) is 4.47 Å². The van der Waals surface area contributed by atoms with Gasteiger partial charge in [-0.15, -0.1) is 0 Å². The van der Waals surface area contributed by atoms with Gasteiger partial charge in [-0.05, 0) is 18.2 Å². The summed E-state index contributed by atoms with van der Waals surface area (Å²) in [5.74, 6) is -0.0968. The van der Waals surface area contributed by atoms with Gasteiger partial charge in [0.15, 0.2) is 0 Å². The summed E-state index contributed by atoms with van der Waals surface area (Å²) < 4.78 is 5.98. The molecule has 1 aliphatic rings. The Labute approximate surface area is 108 Å². The van der Waals surface area contributed by atoms with Crippen LogP contribution in [0.1, 0.15) is 13.3 Å². The highest BCUT2D eigenvalue weighted by Gasteiger charge is 2.38. The second kappa shape index (κ2) is 4.49. The summed E-state index contributed by atoms with van der Waals surface area (Å²) in [6.07, 6.45) is 0.258. The summed E-state index contributed by atoms with van der Waals surface area (Å²) in [6.45, 7) is 1.75. The van der Waals surface area contributed by atoms with Crippen molar-refractivity contribution in [2.24, 2.45) is 5.92 Å². The quantitative estimate of drug-likeness (QED) is 0.787. The third-order valence-electron chi connectivity index (χ3n) is 2.75. The molecule has 2 rings (SSSR count). The molecule has 1 aromatic rings. The van der Waals surface area contributed by atoms with Gasteiger partial charge in [-0.2, -0.15) is 0 Å². The van der Waals surface area contributed by atoms with E-state index in [4.69, 9.17) is 4.74 Å². The number of ether oxygens (including phenoxy) is 1. The molecule has 1 aromatic carbocycles. The van der Waals surface area contributed by atoms with Crippen molar-refractivity contribution in [2.45, 2.75) is 13.3 Å². The summed E-state index contributed by atoms with van der Waals surface area (Å²) in [4.78, 5) is 24.9. The molecule has 1 fully saturated rings. The maximum atomic E-state index is 11.9. The number of benzene rings is 1. The first-order valence-corrected chi connectivity index (χ1v) is 6.04. The highest BCUT2D eigenvalue weighted by Crippen LogP contribution is 2.35. The Hall–Kier alpha value is -1.36. The first-order chi connectivity index (χ1) is 8.04. The molecule has 5 heteroatoms. The number of nitrogens with zero attached hydrogens (tertiary/aromatic N) is 1. The molecule has 0 saturated carbocycles. The normalized spacial score (nSPS) is 19.9. The number of rotatable bonds is 2. The van der Waals surface area contributed by atoms with Crippen LogP contribution in [-0.4, -0.2) is 18.9 Å². The van der Waals surface area contributed by atoms with Crippen LogP contribution in [0.3, 0.4) is 0 Å². The Morgan fingerprint density at radius 1 is 1.41 bits per heavy atom. The number of halogens is 1. The van der Waals surface area contributed by atoms with Crippen LogP contribution < -0.4 is 9.64 Å². The molecule has 0 aliphatic carbocycles. The Kier molecular flexibility index (Phi) is 3.19. The molecule has 0 N–H and O–H groups in total. The van der Waals surface area contributed by atoms with E-state index in [1.807, 2.05) is 0 Å². The van der Waals surface area contributed by atoms with Crippen molar-refractivity contribution >= 4 is 33.4 Å². The fraction of sp³-hybridized carbons (Fsp3) is 0.333. The number of carbonyl (C=O) groups is 2. The van der Waals surface area contributed by atoms with Crippen LogP contribution >= 0.6 is 15.9 Å². The molecule has 0 radical (unpaired) electrons. The van der Waals surface area contributed by atoms with Gasteiger partial charge in [0.25, 0.3) is 0 Å². The topological polar surface area (TPSA) is 46.6 Å². The molecule has 1 atom stereocenters. The predicted molar refractivity (Wildman–Crippen MR) is 67.0 cm³/mol. The average Bonchev–Trinajstić information content (AvgIpc) is 2.53. The monoisotopic (exact) mass is 297 g/mol. The molecule has 1 aliphatic heterocycles. The van der Waals surface area contributed by atoms with Crippen LogP contribution in [0.5, 0.6) is 5.75 Å². The van der Waals surface area contributed by atoms with Gasteiger partial charge in [0, 0.05) is 16.8 Å². The first kappa shape index (κ1) is 12.1. The lowest BCUT2D eigenvalue weighted by atomic mass is 10.1. The minimum atomic E-state index is -0.258. The zero-order chi connectivity index (χ0) is 12.6. The maximum Gasteiger partial charge on any atom is 0.237 e. The van der Waals surface area contributed by atoms with Crippen molar-refractivity contribution in [3.63, 3.8) is 0 Å². The van der Waals surface area contributed by atoms with Crippen LogP contribution in [-0.2, 0) is 9.59 Å². The van der Waals surface area contributed by atoms with Crippen LogP contribution in [0.15, 0.2) is 22.7 Å². The zero-order valence-corrected chi connectivity index (χ0v) is 11.2. The Morgan fingerprint density at radius 3 is 2.65 bits per heavy atom. The van der Waals surface area contributed by atoms with Gasteiger partial charge < -0.3 is 4.74 Å². The van der Waals surface area contributed by atoms with Gasteiger partial charge in [-0.1, -0.05) is 22.9 Å². The Balaban J connectivity index is 2.49. The summed E-state index contributed by atoms with van der Waals surface area (Å²) in [6, 6.07) is 5.24. The molecule has 90 valence electrons. The molecule has 1 saturated heterocycles. The lowest BCUT2D eigenvalue weighted by molar-refractivity contribution is -0.122. The van der Waals surface area contributed by atoms with Crippen LogP contribution in [0, 0.1) is 5.92 Å². The molecule has 0 bridgehead atoms. The minimum absolute atomic E-state index is 0.175. The summed E-state index contributed by atoms with van der Waals surface area (Å²) in [7, 11) is 1.52. The maximum absolute atomic E-state index is 11.9. The van der Waals surface area contributed by atoms with E-state index in [1.165, 1.54) is 12.0 Å². The molecule has 1 heterocycles. The number of hydrogen-bond acceptors (Lipinski definition) is 3. The number of methoxy groups -OCH3 is 1. The Bertz CT molecular complexity index is 487. The van der Waals surface area contributed by atoms with Crippen LogP contribution in [0.25, 0.3) is 0 Å². The fourth-order valence-corrected chi connectivity index (χ4v) is 2.22. The number of anilines is 1. The number of imide groups is 1. The molecule has 0 aromatic heterocycles. The third kappa shape index (κ3) is 2.07. The Morgan fingerprint density at radius 2 is 2.12 bits per heavy atom. The van der Waals surface area contributed by atoms with Gasteiger partial charge in [0.2, 0.25) is 11.8 Å². The van der Waals surface area contributed by atoms with Gasteiger partial charge in [-0.3, -0.25) is 9.59 Å². The molecular weight excluding hydrogens is 286 g/mol. The number of carbonyl (C=O) groups excluding carboxylic acids is 2. The first-order valence-electron chi connectivity index (χ1n) is 5.25. The van der Waals surface area contributed by atoms with E-state index >= 15 is 0 Å². The van der Waals surface area contributed by atoms with E-state index in [1.54, 1.807) is 25.1 Å². The van der Waals surface area contributed by atoms with Crippen molar-refractivity contribution in [1.29, 1.82) is 0 Å². The highest BCUT2D eigenvalue weighted by molar-refractivity contribution is 9.10. The third-order valence-corrected chi connectivity index (χ3v) is 3.25. The summed E-state index contributed by atoms with van der Waals surface area (Å²) in [5.41, 5.74) is 0.501. The summed E-state index contributed by atoms with van der Waals surface area (Å²) >= 11 is 3.32. The van der Waals surface area contributed by atoms with Crippen molar-refractivity contribution in [1.82, 2.24) is 0 Å². The van der Waals surface area contributed by atoms with Crippen molar-refractivity contribution in [2.75, 3.05) is 12.0 Å². The standard InChI is InChI=1S/C12H12BrNO3/c1-7-5-11(15)14(12(7)16)9-6-8(13)3-4-10(9)17-2/h3-4,6-7H,5H2,1-2H3. The van der Waals surface area contributed by atoms with Crippen molar-refractivity contribution in [3.05, 3.63) is 22.7 Å². The second-order valence-corrected chi connectivity index (χ2v) is 4.90. The van der Waals surface area contributed by atoms with Crippen molar-refractivity contribution in [3.8, 4) is 5.75 Å². The van der Waals surface area contributed by atoms with Crippen LogP contribution in [0.2, 0.25) is 0 Å². The fourth-order valence-electron chi connectivity index (χ4n) is 1.87. The van der Waals surface area contributed by atoms with E-state index in [2.05, 4.69) is 15.9 Å². The average molecular weight is 298 g/mol. The van der Waals surface area contributed by atoms with Crippen molar-refractivity contribution < 1.29 is 14.3 Å². The molecule has 17 heavy (non-hydrogen) atoms. The number of amides is 2. The molecule has 1 unspecified atom stereocenters. The largest absolute Gasteiger partial charge is 0.495 e. The van der Waals surface area contributed by atoms with Gasteiger partial charge in [0.1, 0.15) is 5.75 Å². The van der Waals surface area contributed by atoms with E-state index in [9.17, 15) is 9.59 Å². The minimum Gasteiger partial charge on any atom is -0.495 e.